The minimum atomic E-state index is -0.408. The van der Waals surface area contributed by atoms with Crippen molar-refractivity contribution in [1.29, 1.82) is 5.26 Å². The summed E-state index contributed by atoms with van der Waals surface area (Å²) in [5, 5.41) is 10.7. The van der Waals surface area contributed by atoms with E-state index in [1.807, 2.05) is 13.0 Å². The monoisotopic (exact) mass is 309 g/mol. The van der Waals surface area contributed by atoms with Gasteiger partial charge in [0.2, 0.25) is 0 Å². The van der Waals surface area contributed by atoms with Gasteiger partial charge in [0.1, 0.15) is 6.07 Å². The third-order valence-electron chi connectivity index (χ3n) is 3.53. The second-order valence-corrected chi connectivity index (χ2v) is 5.26. The van der Waals surface area contributed by atoms with E-state index in [4.69, 9.17) is 11.6 Å². The highest BCUT2D eigenvalue weighted by atomic mass is 35.5. The fourth-order valence-electron chi connectivity index (χ4n) is 2.53. The van der Waals surface area contributed by atoms with Crippen LogP contribution in [-0.4, -0.2) is 9.55 Å². The van der Waals surface area contributed by atoms with Crippen molar-refractivity contribution in [2.75, 3.05) is 0 Å². The molecule has 0 saturated heterocycles. The van der Waals surface area contributed by atoms with Crippen LogP contribution in [0.2, 0.25) is 5.02 Å². The average Bonchev–Trinajstić information content (AvgIpc) is 2.54. The lowest BCUT2D eigenvalue weighted by Crippen LogP contribution is -2.24. The van der Waals surface area contributed by atoms with Crippen molar-refractivity contribution in [2.45, 2.75) is 13.3 Å². The first-order valence-electron chi connectivity index (χ1n) is 6.86. The van der Waals surface area contributed by atoms with Gasteiger partial charge in [-0.1, -0.05) is 30.7 Å². The summed E-state index contributed by atoms with van der Waals surface area (Å²) in [6, 6.07) is 14.4. The van der Waals surface area contributed by atoms with Gasteiger partial charge in [-0.05, 0) is 36.8 Å². The van der Waals surface area contributed by atoms with E-state index in [9.17, 15) is 10.1 Å². The molecule has 5 heteroatoms. The SMILES string of the molecule is CCc1nc(=O)n(-c2ccccc2C#N)c2cc(Cl)ccc12. The summed E-state index contributed by atoms with van der Waals surface area (Å²) in [6.07, 6.45) is 0.647. The Morgan fingerprint density at radius 2 is 2.05 bits per heavy atom. The minimum Gasteiger partial charge on any atom is -0.259 e. The Labute approximate surface area is 132 Å². The molecule has 0 aliphatic carbocycles. The standard InChI is InChI=1S/C17H12ClN3O/c1-2-14-13-8-7-12(18)9-16(13)21(17(22)20-14)15-6-4-3-5-11(15)10-19/h3-9H,2H2,1H3. The van der Waals surface area contributed by atoms with Crippen LogP contribution in [0.25, 0.3) is 16.6 Å². The lowest BCUT2D eigenvalue weighted by Gasteiger charge is -2.13. The van der Waals surface area contributed by atoms with Crippen molar-refractivity contribution in [3.05, 3.63) is 69.2 Å². The van der Waals surface area contributed by atoms with Crippen molar-refractivity contribution in [2.24, 2.45) is 0 Å². The van der Waals surface area contributed by atoms with Crippen LogP contribution in [0.5, 0.6) is 0 Å². The van der Waals surface area contributed by atoms with Crippen LogP contribution < -0.4 is 5.69 Å². The molecule has 1 aromatic heterocycles. The molecule has 0 aliphatic rings. The zero-order chi connectivity index (χ0) is 15.7. The Kier molecular flexibility index (Phi) is 3.66. The van der Waals surface area contributed by atoms with Crippen LogP contribution in [0.3, 0.4) is 0 Å². The highest BCUT2D eigenvalue weighted by Crippen LogP contribution is 2.24. The number of rotatable bonds is 2. The molecule has 108 valence electrons. The molecule has 0 bridgehead atoms. The second-order valence-electron chi connectivity index (χ2n) is 4.82. The van der Waals surface area contributed by atoms with Crippen LogP contribution in [-0.2, 0) is 6.42 Å². The predicted molar refractivity (Wildman–Crippen MR) is 86.4 cm³/mol. The van der Waals surface area contributed by atoms with Gasteiger partial charge in [-0.3, -0.25) is 4.57 Å². The van der Waals surface area contributed by atoms with Gasteiger partial charge in [0.25, 0.3) is 0 Å². The smallest absolute Gasteiger partial charge is 0.259 e. The number of halogens is 1. The van der Waals surface area contributed by atoms with Crippen molar-refractivity contribution < 1.29 is 0 Å². The third kappa shape index (κ3) is 2.26. The van der Waals surface area contributed by atoms with Gasteiger partial charge in [-0.2, -0.15) is 10.2 Å². The number of aromatic nitrogens is 2. The molecule has 3 aromatic rings. The summed E-state index contributed by atoms with van der Waals surface area (Å²) in [7, 11) is 0. The Morgan fingerprint density at radius 3 is 2.77 bits per heavy atom. The second kappa shape index (κ2) is 5.63. The molecule has 0 saturated carbocycles. The van der Waals surface area contributed by atoms with Gasteiger partial charge < -0.3 is 0 Å². The molecule has 0 atom stereocenters. The largest absolute Gasteiger partial charge is 0.352 e. The number of hydrogen-bond donors (Lipinski definition) is 0. The highest BCUT2D eigenvalue weighted by molar-refractivity contribution is 6.31. The van der Waals surface area contributed by atoms with Gasteiger partial charge >= 0.3 is 5.69 Å². The van der Waals surface area contributed by atoms with E-state index in [1.54, 1.807) is 36.4 Å². The molecular weight excluding hydrogens is 298 g/mol. The summed E-state index contributed by atoms with van der Waals surface area (Å²) in [6.45, 7) is 1.95. The van der Waals surface area contributed by atoms with Crippen molar-refractivity contribution in [3.63, 3.8) is 0 Å². The number of nitriles is 1. The van der Waals surface area contributed by atoms with Crippen molar-refractivity contribution >= 4 is 22.5 Å². The molecule has 2 aromatic carbocycles. The number of benzene rings is 2. The van der Waals surface area contributed by atoms with Gasteiger partial charge in [-0.15, -0.1) is 0 Å². The van der Waals surface area contributed by atoms with Crippen molar-refractivity contribution in [3.8, 4) is 11.8 Å². The lowest BCUT2D eigenvalue weighted by molar-refractivity contribution is 0.908. The van der Waals surface area contributed by atoms with E-state index in [1.165, 1.54) is 4.57 Å². The molecular formula is C17H12ClN3O. The molecule has 22 heavy (non-hydrogen) atoms. The predicted octanol–water partition coefficient (Wildman–Crippen LogP) is 3.47. The fraction of sp³-hybridized carbons (Fsp3) is 0.118. The van der Waals surface area contributed by atoms with Gasteiger partial charge in [0, 0.05) is 10.4 Å². The normalized spacial score (nSPS) is 10.6. The molecule has 0 spiro atoms. The zero-order valence-electron chi connectivity index (χ0n) is 11.9. The van der Waals surface area contributed by atoms with E-state index in [0.717, 1.165) is 11.1 Å². The van der Waals surface area contributed by atoms with E-state index in [2.05, 4.69) is 11.1 Å². The Hall–Kier alpha value is -2.64. The first kappa shape index (κ1) is 14.3. The maximum Gasteiger partial charge on any atom is 0.352 e. The van der Waals surface area contributed by atoms with E-state index in [0.29, 0.717) is 28.2 Å². The van der Waals surface area contributed by atoms with Crippen molar-refractivity contribution in [1.82, 2.24) is 9.55 Å². The fourth-order valence-corrected chi connectivity index (χ4v) is 2.69. The number of aryl methyl sites for hydroxylation is 1. The molecule has 0 radical (unpaired) electrons. The molecule has 1 heterocycles. The van der Waals surface area contributed by atoms with E-state index < -0.39 is 5.69 Å². The maximum atomic E-state index is 12.5. The zero-order valence-corrected chi connectivity index (χ0v) is 12.6. The van der Waals surface area contributed by atoms with Crippen LogP contribution in [0.15, 0.2) is 47.3 Å². The third-order valence-corrected chi connectivity index (χ3v) is 3.77. The highest BCUT2D eigenvalue weighted by Gasteiger charge is 2.13. The summed E-state index contributed by atoms with van der Waals surface area (Å²) < 4.78 is 1.44. The van der Waals surface area contributed by atoms with Gasteiger partial charge in [0.05, 0.1) is 22.5 Å². The Bertz CT molecular complexity index is 970. The van der Waals surface area contributed by atoms with Crippen LogP contribution in [0.4, 0.5) is 0 Å². The minimum absolute atomic E-state index is 0.408. The Balaban J connectivity index is 2.50. The molecule has 0 fully saturated rings. The first-order valence-corrected chi connectivity index (χ1v) is 7.24. The molecule has 0 N–H and O–H groups in total. The molecule has 4 nitrogen and oxygen atoms in total. The summed E-state index contributed by atoms with van der Waals surface area (Å²) in [5.74, 6) is 0. The number of nitrogens with zero attached hydrogens (tertiary/aromatic N) is 3. The van der Waals surface area contributed by atoms with Crippen LogP contribution >= 0.6 is 11.6 Å². The summed E-state index contributed by atoms with van der Waals surface area (Å²) >= 11 is 6.10. The number of fused-ring (bicyclic) bond motifs is 1. The van der Waals surface area contributed by atoms with Crippen LogP contribution in [0.1, 0.15) is 18.2 Å². The van der Waals surface area contributed by atoms with Crippen LogP contribution in [0, 0.1) is 11.3 Å². The van der Waals surface area contributed by atoms with E-state index >= 15 is 0 Å². The quantitative estimate of drug-likeness (QED) is 0.728. The summed E-state index contributed by atoms with van der Waals surface area (Å²) in [4.78, 5) is 16.6. The van der Waals surface area contributed by atoms with Gasteiger partial charge in [0.15, 0.2) is 0 Å². The molecule has 0 aliphatic heterocycles. The van der Waals surface area contributed by atoms with Gasteiger partial charge in [-0.25, -0.2) is 4.79 Å². The molecule has 0 unspecified atom stereocenters. The first-order chi connectivity index (χ1) is 10.7. The molecule has 3 rings (SSSR count). The number of hydrogen-bond acceptors (Lipinski definition) is 3. The average molecular weight is 310 g/mol. The molecule has 0 amide bonds. The maximum absolute atomic E-state index is 12.5. The Morgan fingerprint density at radius 1 is 1.27 bits per heavy atom. The lowest BCUT2D eigenvalue weighted by atomic mass is 10.1. The number of para-hydroxylation sites is 1. The summed E-state index contributed by atoms with van der Waals surface area (Å²) in [5.41, 5.74) is 1.90. The van der Waals surface area contributed by atoms with E-state index in [-0.39, 0.29) is 0 Å². The topological polar surface area (TPSA) is 58.7 Å².